The van der Waals surface area contributed by atoms with Crippen molar-refractivity contribution < 1.29 is 19.1 Å². The number of nitrogens with zero attached hydrogens (tertiary/aromatic N) is 1. The van der Waals surface area contributed by atoms with E-state index in [4.69, 9.17) is 9.47 Å². The third-order valence-electron chi connectivity index (χ3n) is 4.31. The summed E-state index contributed by atoms with van der Waals surface area (Å²) in [6, 6.07) is 0.117. The highest BCUT2D eigenvalue weighted by molar-refractivity contribution is 5.91. The van der Waals surface area contributed by atoms with Gasteiger partial charge in [-0.2, -0.15) is 0 Å². The fraction of sp³-hybridized carbons (Fsp3) is 0.714. The molecule has 5 nitrogen and oxygen atoms in total. The fourth-order valence-corrected chi connectivity index (χ4v) is 3.47. The fourth-order valence-electron chi connectivity index (χ4n) is 3.47. The molecule has 0 aromatic heterocycles. The van der Waals surface area contributed by atoms with Crippen LogP contribution in [-0.2, 0) is 19.1 Å². The Morgan fingerprint density at radius 3 is 3.00 bits per heavy atom. The minimum absolute atomic E-state index is 0.0138. The lowest BCUT2D eigenvalue weighted by atomic mass is 9.77. The summed E-state index contributed by atoms with van der Waals surface area (Å²) in [6.07, 6.45) is 3.55. The summed E-state index contributed by atoms with van der Waals surface area (Å²) < 4.78 is 11.0. The highest BCUT2D eigenvalue weighted by Crippen LogP contribution is 2.52. The molecule has 0 radical (unpaired) electrons. The average Bonchev–Trinajstić information content (AvgIpc) is 2.98. The molecule has 1 amide bonds. The van der Waals surface area contributed by atoms with Crippen molar-refractivity contribution >= 4 is 11.9 Å². The molecule has 0 N–H and O–H groups in total. The van der Waals surface area contributed by atoms with Crippen molar-refractivity contribution in [2.24, 2.45) is 11.8 Å². The van der Waals surface area contributed by atoms with Gasteiger partial charge in [0.25, 0.3) is 0 Å². The number of amides is 1. The lowest BCUT2D eigenvalue weighted by Crippen LogP contribution is -2.40. The zero-order valence-corrected chi connectivity index (χ0v) is 11.5. The summed E-state index contributed by atoms with van der Waals surface area (Å²) in [5, 5.41) is 0. The van der Waals surface area contributed by atoms with E-state index in [1.807, 2.05) is 26.0 Å². The standard InChI is InChI=1S/C14H19NO4/c1-4-18-13(17)10-9-5-6-14(19-9)7-15(8(2)3)12(16)11(10)14/h5-6,8-11H,4,7H2,1-3H3/t9-,10?,11-,14?/m0/s1. The van der Waals surface area contributed by atoms with Gasteiger partial charge in [-0.15, -0.1) is 0 Å². The molecule has 1 spiro atoms. The van der Waals surface area contributed by atoms with Crippen LogP contribution in [0.3, 0.4) is 0 Å². The van der Waals surface area contributed by atoms with E-state index in [1.54, 1.807) is 11.8 Å². The maximum atomic E-state index is 12.5. The zero-order valence-electron chi connectivity index (χ0n) is 11.5. The first-order chi connectivity index (χ1) is 9.00. The van der Waals surface area contributed by atoms with E-state index in [1.165, 1.54) is 0 Å². The summed E-state index contributed by atoms with van der Waals surface area (Å²) in [5.41, 5.74) is -0.608. The van der Waals surface area contributed by atoms with Crippen LogP contribution < -0.4 is 0 Å². The molecule has 3 aliphatic rings. The minimum Gasteiger partial charge on any atom is -0.466 e. The van der Waals surface area contributed by atoms with Crippen LogP contribution in [0.4, 0.5) is 0 Å². The van der Waals surface area contributed by atoms with Gasteiger partial charge in [-0.05, 0) is 20.8 Å². The largest absolute Gasteiger partial charge is 0.466 e. The molecule has 0 aromatic carbocycles. The van der Waals surface area contributed by atoms with E-state index >= 15 is 0 Å². The number of carbonyl (C=O) groups excluding carboxylic acids is 2. The van der Waals surface area contributed by atoms with Crippen LogP contribution >= 0.6 is 0 Å². The van der Waals surface area contributed by atoms with Gasteiger partial charge < -0.3 is 14.4 Å². The van der Waals surface area contributed by atoms with Gasteiger partial charge in [-0.25, -0.2) is 0 Å². The molecule has 3 aliphatic heterocycles. The van der Waals surface area contributed by atoms with Crippen molar-refractivity contribution in [1.29, 1.82) is 0 Å². The molecule has 3 heterocycles. The van der Waals surface area contributed by atoms with Crippen molar-refractivity contribution in [3.8, 4) is 0 Å². The number of carbonyl (C=O) groups is 2. The van der Waals surface area contributed by atoms with Gasteiger partial charge in [0.05, 0.1) is 25.2 Å². The second-order valence-electron chi connectivity index (χ2n) is 5.71. The molecule has 104 valence electrons. The Hall–Kier alpha value is -1.36. The third-order valence-corrected chi connectivity index (χ3v) is 4.31. The van der Waals surface area contributed by atoms with E-state index in [-0.39, 0.29) is 24.0 Å². The first-order valence-electron chi connectivity index (χ1n) is 6.84. The summed E-state index contributed by atoms with van der Waals surface area (Å²) in [7, 11) is 0. The Kier molecular flexibility index (Phi) is 2.71. The van der Waals surface area contributed by atoms with E-state index in [0.717, 1.165) is 0 Å². The molecule has 0 aromatic rings. The minimum atomic E-state index is -0.608. The SMILES string of the molecule is CCOC(=O)C1[C@@H]2C=CC3(CN(C(C)C)C(=O)[C@H]13)O2. The molecule has 5 heteroatoms. The first kappa shape index (κ1) is 12.7. The number of ether oxygens (including phenoxy) is 2. The maximum absolute atomic E-state index is 12.5. The molecule has 3 rings (SSSR count). The predicted octanol–water partition coefficient (Wildman–Crippen LogP) is 0.740. The van der Waals surface area contributed by atoms with E-state index in [0.29, 0.717) is 13.2 Å². The average molecular weight is 265 g/mol. The summed E-state index contributed by atoms with van der Waals surface area (Å²) in [5.74, 6) is -1.20. The molecule has 2 fully saturated rings. The van der Waals surface area contributed by atoms with Crippen molar-refractivity contribution in [2.45, 2.75) is 38.5 Å². The van der Waals surface area contributed by atoms with Gasteiger partial charge >= 0.3 is 5.97 Å². The number of hydrogen-bond donors (Lipinski definition) is 0. The van der Waals surface area contributed by atoms with Gasteiger partial charge in [0.2, 0.25) is 5.91 Å². The lowest BCUT2D eigenvalue weighted by Gasteiger charge is -2.24. The van der Waals surface area contributed by atoms with Crippen molar-refractivity contribution in [3.63, 3.8) is 0 Å². The zero-order chi connectivity index (χ0) is 13.8. The Bertz CT molecular complexity index is 458. The highest BCUT2D eigenvalue weighted by atomic mass is 16.6. The highest BCUT2D eigenvalue weighted by Gasteiger charge is 2.67. The van der Waals surface area contributed by atoms with Gasteiger partial charge in [0.1, 0.15) is 11.5 Å². The van der Waals surface area contributed by atoms with E-state index in [2.05, 4.69) is 0 Å². The number of rotatable bonds is 3. The van der Waals surface area contributed by atoms with Crippen LogP contribution in [0.15, 0.2) is 12.2 Å². The number of hydrogen-bond acceptors (Lipinski definition) is 4. The smallest absolute Gasteiger partial charge is 0.312 e. The molecule has 2 saturated heterocycles. The molecule has 0 aliphatic carbocycles. The van der Waals surface area contributed by atoms with Crippen LogP contribution in [0.2, 0.25) is 0 Å². The van der Waals surface area contributed by atoms with Crippen LogP contribution in [0.5, 0.6) is 0 Å². The topological polar surface area (TPSA) is 55.8 Å². The molecule has 19 heavy (non-hydrogen) atoms. The quantitative estimate of drug-likeness (QED) is 0.558. The van der Waals surface area contributed by atoms with Crippen LogP contribution in [0.1, 0.15) is 20.8 Å². The van der Waals surface area contributed by atoms with E-state index in [9.17, 15) is 9.59 Å². The van der Waals surface area contributed by atoms with Crippen LogP contribution in [0.25, 0.3) is 0 Å². The maximum Gasteiger partial charge on any atom is 0.312 e. The van der Waals surface area contributed by atoms with Gasteiger partial charge in [0, 0.05) is 6.04 Å². The van der Waals surface area contributed by atoms with Crippen LogP contribution in [0, 0.1) is 11.8 Å². The number of fused-ring (bicyclic) bond motifs is 1. The van der Waals surface area contributed by atoms with E-state index < -0.39 is 17.4 Å². The first-order valence-corrected chi connectivity index (χ1v) is 6.84. The normalized spacial score (nSPS) is 39.3. The molecular weight excluding hydrogens is 246 g/mol. The molecule has 2 bridgehead atoms. The van der Waals surface area contributed by atoms with Crippen LogP contribution in [-0.4, -0.2) is 47.7 Å². The second kappa shape index (κ2) is 4.07. The molecule has 4 atom stereocenters. The third kappa shape index (κ3) is 1.57. The summed E-state index contributed by atoms with van der Waals surface area (Å²) in [4.78, 5) is 26.4. The molecule has 2 unspecified atom stereocenters. The Morgan fingerprint density at radius 2 is 2.37 bits per heavy atom. The number of likely N-dealkylation sites (tertiary alicyclic amines) is 1. The van der Waals surface area contributed by atoms with Crippen molar-refractivity contribution in [1.82, 2.24) is 4.90 Å². The Morgan fingerprint density at radius 1 is 1.63 bits per heavy atom. The molecular formula is C14H19NO4. The Balaban J connectivity index is 1.93. The molecule has 0 saturated carbocycles. The summed E-state index contributed by atoms with van der Waals surface area (Å²) >= 11 is 0. The van der Waals surface area contributed by atoms with Gasteiger partial charge in [-0.3, -0.25) is 9.59 Å². The lowest BCUT2D eigenvalue weighted by molar-refractivity contribution is -0.153. The second-order valence-corrected chi connectivity index (χ2v) is 5.71. The van der Waals surface area contributed by atoms with Crippen molar-refractivity contribution in [3.05, 3.63) is 12.2 Å². The summed E-state index contributed by atoms with van der Waals surface area (Å²) in [6.45, 7) is 6.59. The van der Waals surface area contributed by atoms with Crippen molar-refractivity contribution in [2.75, 3.05) is 13.2 Å². The van der Waals surface area contributed by atoms with Gasteiger partial charge in [-0.1, -0.05) is 12.2 Å². The Labute approximate surface area is 112 Å². The predicted molar refractivity (Wildman–Crippen MR) is 67.2 cm³/mol. The monoisotopic (exact) mass is 265 g/mol. The number of esters is 1. The van der Waals surface area contributed by atoms with Gasteiger partial charge in [0.15, 0.2) is 0 Å².